The number of anilines is 1. The highest BCUT2D eigenvalue weighted by atomic mass is 79.9. The van der Waals surface area contributed by atoms with Crippen LogP contribution < -0.4 is 14.8 Å². The molecule has 35 heavy (non-hydrogen) atoms. The summed E-state index contributed by atoms with van der Waals surface area (Å²) in [4.78, 5) is 27.9. The Morgan fingerprint density at radius 1 is 1.14 bits per heavy atom. The van der Waals surface area contributed by atoms with Crippen LogP contribution in [-0.4, -0.2) is 24.9 Å². The smallest absolute Gasteiger partial charge is 0.363 e. The van der Waals surface area contributed by atoms with E-state index < -0.39 is 5.97 Å². The molecule has 1 N–H and O–H groups in total. The second-order valence-corrected chi connectivity index (χ2v) is 8.87. The van der Waals surface area contributed by atoms with E-state index >= 15 is 0 Å². The van der Waals surface area contributed by atoms with Crippen molar-refractivity contribution >= 4 is 57.1 Å². The summed E-state index contributed by atoms with van der Waals surface area (Å²) in [6, 6.07) is 17.9. The molecule has 0 saturated heterocycles. The molecule has 1 heterocycles. The van der Waals surface area contributed by atoms with Gasteiger partial charge < -0.3 is 19.5 Å². The number of carbonyl (C=O) groups is 2. The summed E-state index contributed by atoms with van der Waals surface area (Å²) in [5, 5.41) is 3.01. The van der Waals surface area contributed by atoms with Crippen molar-refractivity contribution in [3.63, 3.8) is 0 Å². The van der Waals surface area contributed by atoms with Crippen molar-refractivity contribution < 1.29 is 23.8 Å². The third-order valence-corrected chi connectivity index (χ3v) is 5.73. The van der Waals surface area contributed by atoms with E-state index in [-0.39, 0.29) is 17.5 Å². The van der Waals surface area contributed by atoms with Gasteiger partial charge in [-0.1, -0.05) is 39.7 Å². The first-order valence-corrected chi connectivity index (χ1v) is 11.6. The molecule has 0 fully saturated rings. The van der Waals surface area contributed by atoms with Crippen molar-refractivity contribution in [2.45, 2.75) is 13.5 Å². The fourth-order valence-electron chi connectivity index (χ4n) is 3.29. The van der Waals surface area contributed by atoms with Crippen molar-refractivity contribution in [3.8, 4) is 11.5 Å². The first-order chi connectivity index (χ1) is 16.8. The molecule has 9 heteroatoms. The van der Waals surface area contributed by atoms with Gasteiger partial charge in [0.15, 0.2) is 17.2 Å². The fourth-order valence-corrected chi connectivity index (χ4v) is 3.83. The molecule has 1 aliphatic rings. The molecule has 0 saturated carbocycles. The van der Waals surface area contributed by atoms with Gasteiger partial charge in [0, 0.05) is 22.6 Å². The minimum atomic E-state index is -0.586. The van der Waals surface area contributed by atoms with Gasteiger partial charge in [-0.3, -0.25) is 4.79 Å². The lowest BCUT2D eigenvalue weighted by atomic mass is 10.1. The Labute approximate surface area is 215 Å². The Hall–Kier alpha value is -3.62. The lowest BCUT2D eigenvalue weighted by Gasteiger charge is -2.13. The van der Waals surface area contributed by atoms with Crippen molar-refractivity contribution in [2.75, 3.05) is 12.4 Å². The van der Waals surface area contributed by atoms with Crippen LogP contribution in [0.5, 0.6) is 11.5 Å². The molecular formula is C26H20BrClN2O5. The lowest BCUT2D eigenvalue weighted by Crippen LogP contribution is -2.07. The second-order valence-electron chi connectivity index (χ2n) is 7.54. The lowest BCUT2D eigenvalue weighted by molar-refractivity contribution is -0.129. The Balaban J connectivity index is 1.54. The molecule has 0 atom stereocenters. The highest BCUT2D eigenvalue weighted by molar-refractivity contribution is 9.10. The maximum absolute atomic E-state index is 12.4. The summed E-state index contributed by atoms with van der Waals surface area (Å²) in [7, 11) is 1.51. The van der Waals surface area contributed by atoms with Crippen LogP contribution in [0.1, 0.15) is 23.6 Å². The molecule has 0 aromatic heterocycles. The summed E-state index contributed by atoms with van der Waals surface area (Å²) in [5.74, 6) is 0.230. The van der Waals surface area contributed by atoms with E-state index in [1.807, 2.05) is 24.3 Å². The number of halogens is 2. The highest BCUT2D eigenvalue weighted by Crippen LogP contribution is 2.38. The van der Waals surface area contributed by atoms with E-state index in [2.05, 4.69) is 26.2 Å². The van der Waals surface area contributed by atoms with Gasteiger partial charge in [0.05, 0.1) is 12.1 Å². The number of esters is 1. The molecule has 0 radical (unpaired) electrons. The average molecular weight is 556 g/mol. The second kappa shape index (κ2) is 10.8. The number of nitrogens with zero attached hydrogens (tertiary/aromatic N) is 1. The Morgan fingerprint density at radius 2 is 1.86 bits per heavy atom. The number of methoxy groups -OCH3 is 1. The molecular weight excluding hydrogens is 536 g/mol. The van der Waals surface area contributed by atoms with Gasteiger partial charge in [-0.05, 0) is 65.7 Å². The van der Waals surface area contributed by atoms with Crippen LogP contribution in [-0.2, 0) is 20.9 Å². The number of benzene rings is 3. The normalized spacial score (nSPS) is 13.9. The van der Waals surface area contributed by atoms with Crippen LogP contribution in [0.2, 0.25) is 5.02 Å². The summed E-state index contributed by atoms with van der Waals surface area (Å²) in [6.07, 6.45) is 1.56. The van der Waals surface area contributed by atoms with Gasteiger partial charge in [0.1, 0.15) is 6.61 Å². The number of amides is 1. The molecule has 178 valence electrons. The third-order valence-electron chi connectivity index (χ3n) is 4.92. The molecule has 0 unspecified atom stereocenters. The topological polar surface area (TPSA) is 86.2 Å². The van der Waals surface area contributed by atoms with E-state index in [9.17, 15) is 9.59 Å². The van der Waals surface area contributed by atoms with Gasteiger partial charge in [-0.2, -0.15) is 0 Å². The Bertz CT molecular complexity index is 1340. The zero-order chi connectivity index (χ0) is 24.9. The number of carbonyl (C=O) groups excluding carboxylic acids is 2. The highest BCUT2D eigenvalue weighted by Gasteiger charge is 2.24. The SMILES string of the molecule is COc1cc(/C=C2\N=C(c3ccc(NC(C)=O)cc3)OC2=O)cc(Cl)c1OCc1ccc(Br)cc1. The molecule has 0 bridgehead atoms. The summed E-state index contributed by atoms with van der Waals surface area (Å²) < 4.78 is 17.7. The van der Waals surface area contributed by atoms with Gasteiger partial charge in [0.2, 0.25) is 11.8 Å². The number of cyclic esters (lactones) is 1. The maximum atomic E-state index is 12.4. The zero-order valence-electron chi connectivity index (χ0n) is 18.8. The van der Waals surface area contributed by atoms with E-state index in [4.69, 9.17) is 25.8 Å². The largest absolute Gasteiger partial charge is 0.493 e. The summed E-state index contributed by atoms with van der Waals surface area (Å²) in [6.45, 7) is 1.74. The quantitative estimate of drug-likeness (QED) is 0.286. The van der Waals surface area contributed by atoms with Crippen LogP contribution >= 0.6 is 27.5 Å². The molecule has 0 spiro atoms. The number of ether oxygens (including phenoxy) is 3. The average Bonchev–Trinajstić information content (AvgIpc) is 3.19. The van der Waals surface area contributed by atoms with Crippen LogP contribution in [0, 0.1) is 0 Å². The standard InChI is InChI=1S/C26H20BrClN2O5/c1-15(31)29-20-9-5-18(6-10-20)25-30-22(26(32)35-25)12-17-11-21(28)24(23(13-17)33-2)34-14-16-3-7-19(27)8-4-16/h3-13H,14H2,1-2H3,(H,29,31)/b22-12-. The number of aliphatic imine (C=N–C) groups is 1. The molecule has 4 rings (SSSR count). The van der Waals surface area contributed by atoms with Gasteiger partial charge in [-0.25, -0.2) is 9.79 Å². The minimum absolute atomic E-state index is 0.118. The first-order valence-electron chi connectivity index (χ1n) is 10.5. The van der Waals surface area contributed by atoms with Crippen LogP contribution in [0.4, 0.5) is 5.69 Å². The third kappa shape index (κ3) is 6.09. The number of hydrogen-bond acceptors (Lipinski definition) is 6. The Morgan fingerprint density at radius 3 is 2.51 bits per heavy atom. The maximum Gasteiger partial charge on any atom is 0.363 e. The predicted octanol–water partition coefficient (Wildman–Crippen LogP) is 5.99. The van der Waals surface area contributed by atoms with Crippen molar-refractivity contribution in [1.29, 1.82) is 0 Å². The Kier molecular flexibility index (Phi) is 7.53. The molecule has 1 aliphatic heterocycles. The van der Waals surface area contributed by atoms with Crippen molar-refractivity contribution in [3.05, 3.63) is 92.5 Å². The van der Waals surface area contributed by atoms with Gasteiger partial charge in [-0.15, -0.1) is 0 Å². The summed E-state index contributed by atoms with van der Waals surface area (Å²) in [5.41, 5.74) is 2.92. The van der Waals surface area contributed by atoms with Crippen molar-refractivity contribution in [2.24, 2.45) is 4.99 Å². The van der Waals surface area contributed by atoms with E-state index in [1.54, 1.807) is 42.5 Å². The van der Waals surface area contributed by atoms with Crippen LogP contribution in [0.25, 0.3) is 6.08 Å². The molecule has 7 nitrogen and oxygen atoms in total. The van der Waals surface area contributed by atoms with E-state index in [0.29, 0.717) is 39.9 Å². The molecule has 1 amide bonds. The van der Waals surface area contributed by atoms with Crippen LogP contribution in [0.3, 0.4) is 0 Å². The molecule has 3 aromatic rings. The predicted molar refractivity (Wildman–Crippen MR) is 138 cm³/mol. The molecule has 0 aliphatic carbocycles. The van der Waals surface area contributed by atoms with E-state index in [1.165, 1.54) is 14.0 Å². The van der Waals surface area contributed by atoms with Crippen molar-refractivity contribution in [1.82, 2.24) is 0 Å². The minimum Gasteiger partial charge on any atom is -0.493 e. The fraction of sp³-hybridized carbons (Fsp3) is 0.115. The van der Waals surface area contributed by atoms with Gasteiger partial charge in [0.25, 0.3) is 0 Å². The number of hydrogen-bond donors (Lipinski definition) is 1. The number of nitrogens with one attached hydrogen (secondary N) is 1. The van der Waals surface area contributed by atoms with Gasteiger partial charge >= 0.3 is 5.97 Å². The summed E-state index contributed by atoms with van der Waals surface area (Å²) >= 11 is 9.89. The zero-order valence-corrected chi connectivity index (χ0v) is 21.1. The molecule has 3 aromatic carbocycles. The van der Waals surface area contributed by atoms with Crippen LogP contribution in [0.15, 0.2) is 75.8 Å². The monoisotopic (exact) mass is 554 g/mol. The van der Waals surface area contributed by atoms with E-state index in [0.717, 1.165) is 10.0 Å². The first kappa shape index (κ1) is 24.5. The number of rotatable bonds is 7.